The molecular formula is C11H16N2O4S. The molecule has 0 aliphatic rings. The second-order valence-electron chi connectivity index (χ2n) is 4.27. The molecule has 0 aliphatic carbocycles. The van der Waals surface area contributed by atoms with Gasteiger partial charge in [-0.3, -0.25) is 10.1 Å². The van der Waals surface area contributed by atoms with Gasteiger partial charge < -0.3 is 5.32 Å². The summed E-state index contributed by atoms with van der Waals surface area (Å²) in [5, 5.41) is 13.7. The number of sulfone groups is 1. The Balaban J connectivity index is 2.94. The predicted octanol–water partition coefficient (Wildman–Crippen LogP) is 1.67. The fourth-order valence-electron chi connectivity index (χ4n) is 1.46. The molecule has 0 bridgehead atoms. The molecule has 100 valence electrons. The van der Waals surface area contributed by atoms with Crippen molar-refractivity contribution >= 4 is 21.2 Å². The molecule has 1 N–H and O–H groups in total. The number of hydrogen-bond acceptors (Lipinski definition) is 5. The maximum atomic E-state index is 11.0. The molecule has 1 rings (SSSR count). The lowest BCUT2D eigenvalue weighted by Crippen LogP contribution is -2.15. The van der Waals surface area contributed by atoms with Crippen molar-refractivity contribution in [3.63, 3.8) is 0 Å². The average Bonchev–Trinajstić information content (AvgIpc) is 2.20. The van der Waals surface area contributed by atoms with Crippen molar-refractivity contribution < 1.29 is 13.3 Å². The predicted molar refractivity (Wildman–Crippen MR) is 70.8 cm³/mol. The molecule has 0 atom stereocenters. The Kier molecular flexibility index (Phi) is 4.28. The maximum absolute atomic E-state index is 11.0. The van der Waals surface area contributed by atoms with Crippen molar-refractivity contribution in [2.75, 3.05) is 23.9 Å². The molecule has 1 aromatic carbocycles. The number of hydrogen-bond donors (Lipinski definition) is 1. The highest BCUT2D eigenvalue weighted by atomic mass is 32.2. The standard InChI is InChI=1S/C11H16N2O4S/c1-8-6-10(12-4-5-18(3,16)17)11(13(14)15)7-9(8)2/h6-7,12H,4-5H2,1-3H3. The zero-order valence-electron chi connectivity index (χ0n) is 10.6. The van der Waals surface area contributed by atoms with E-state index in [1.165, 1.54) is 6.07 Å². The van der Waals surface area contributed by atoms with Crippen LogP contribution >= 0.6 is 0 Å². The molecule has 0 amide bonds. The average molecular weight is 272 g/mol. The van der Waals surface area contributed by atoms with Crippen molar-refractivity contribution in [3.8, 4) is 0 Å². The number of nitro groups is 1. The molecule has 0 saturated heterocycles. The van der Waals surface area contributed by atoms with Gasteiger partial charge in [0.2, 0.25) is 0 Å². The van der Waals surface area contributed by atoms with Crippen LogP contribution in [0.2, 0.25) is 0 Å². The molecule has 0 radical (unpaired) electrons. The van der Waals surface area contributed by atoms with E-state index in [9.17, 15) is 18.5 Å². The summed E-state index contributed by atoms with van der Waals surface area (Å²) in [6.07, 6.45) is 1.13. The number of nitro benzene ring substituents is 1. The van der Waals surface area contributed by atoms with Crippen LogP contribution < -0.4 is 5.32 Å². The largest absolute Gasteiger partial charge is 0.378 e. The quantitative estimate of drug-likeness (QED) is 0.650. The lowest BCUT2D eigenvalue weighted by molar-refractivity contribution is -0.384. The zero-order valence-corrected chi connectivity index (χ0v) is 11.4. The van der Waals surface area contributed by atoms with Crippen molar-refractivity contribution in [2.24, 2.45) is 0 Å². The molecule has 0 fully saturated rings. The van der Waals surface area contributed by atoms with E-state index in [-0.39, 0.29) is 18.0 Å². The van der Waals surface area contributed by atoms with E-state index in [0.29, 0.717) is 5.69 Å². The highest BCUT2D eigenvalue weighted by Crippen LogP contribution is 2.27. The first kappa shape index (κ1) is 14.4. The Labute approximate surface area is 106 Å². The van der Waals surface area contributed by atoms with Crippen molar-refractivity contribution in [3.05, 3.63) is 33.4 Å². The summed E-state index contributed by atoms with van der Waals surface area (Å²) in [6, 6.07) is 3.15. The van der Waals surface area contributed by atoms with Gasteiger partial charge in [-0.15, -0.1) is 0 Å². The first-order valence-corrected chi connectivity index (χ1v) is 7.44. The maximum Gasteiger partial charge on any atom is 0.292 e. The second kappa shape index (κ2) is 5.34. The Morgan fingerprint density at radius 3 is 2.33 bits per heavy atom. The lowest BCUT2D eigenvalue weighted by atomic mass is 10.1. The first-order valence-electron chi connectivity index (χ1n) is 5.38. The Morgan fingerprint density at radius 1 is 1.28 bits per heavy atom. The topological polar surface area (TPSA) is 89.3 Å². The summed E-state index contributed by atoms with van der Waals surface area (Å²) in [5.74, 6) is -0.0585. The molecule has 1 aromatic rings. The minimum atomic E-state index is -3.08. The van der Waals surface area contributed by atoms with E-state index < -0.39 is 14.8 Å². The van der Waals surface area contributed by atoms with Gasteiger partial charge in [0, 0.05) is 18.9 Å². The summed E-state index contributed by atoms with van der Waals surface area (Å²) < 4.78 is 22.0. The van der Waals surface area contributed by atoms with Crippen LogP contribution in [0.1, 0.15) is 11.1 Å². The Hall–Kier alpha value is -1.63. The third-order valence-electron chi connectivity index (χ3n) is 2.60. The molecule has 0 aliphatic heterocycles. The van der Waals surface area contributed by atoms with Crippen LogP contribution in [0.3, 0.4) is 0 Å². The highest BCUT2D eigenvalue weighted by Gasteiger charge is 2.15. The van der Waals surface area contributed by atoms with Crippen molar-refractivity contribution in [1.82, 2.24) is 0 Å². The van der Waals surface area contributed by atoms with E-state index in [1.807, 2.05) is 6.92 Å². The van der Waals surface area contributed by atoms with E-state index in [0.717, 1.165) is 17.4 Å². The number of nitrogens with one attached hydrogen (secondary N) is 1. The molecule has 18 heavy (non-hydrogen) atoms. The van der Waals surface area contributed by atoms with Gasteiger partial charge in [0.15, 0.2) is 0 Å². The minimum absolute atomic E-state index is 0.0356. The summed E-state index contributed by atoms with van der Waals surface area (Å²) >= 11 is 0. The minimum Gasteiger partial charge on any atom is -0.378 e. The van der Waals surface area contributed by atoms with Gasteiger partial charge in [0.1, 0.15) is 15.5 Å². The van der Waals surface area contributed by atoms with Gasteiger partial charge >= 0.3 is 0 Å². The van der Waals surface area contributed by atoms with Gasteiger partial charge in [0.25, 0.3) is 5.69 Å². The van der Waals surface area contributed by atoms with Gasteiger partial charge in [-0.25, -0.2) is 8.42 Å². The summed E-state index contributed by atoms with van der Waals surface area (Å²) in [7, 11) is -3.08. The number of anilines is 1. The van der Waals surface area contributed by atoms with Crippen molar-refractivity contribution in [1.29, 1.82) is 0 Å². The summed E-state index contributed by atoms with van der Waals surface area (Å²) in [4.78, 5) is 10.4. The molecule has 0 aromatic heterocycles. The first-order chi connectivity index (χ1) is 8.20. The molecule has 0 saturated carbocycles. The normalized spacial score (nSPS) is 11.3. The van der Waals surface area contributed by atoms with Gasteiger partial charge in [0.05, 0.1) is 10.7 Å². The number of benzene rings is 1. The number of nitrogens with zero attached hydrogens (tertiary/aromatic N) is 1. The lowest BCUT2D eigenvalue weighted by Gasteiger charge is -2.09. The van der Waals surface area contributed by atoms with Gasteiger partial charge in [-0.05, 0) is 31.0 Å². The van der Waals surface area contributed by atoms with Crippen LogP contribution in [-0.4, -0.2) is 31.9 Å². The van der Waals surface area contributed by atoms with E-state index in [4.69, 9.17) is 0 Å². The summed E-state index contributed by atoms with van der Waals surface area (Å²) in [6.45, 7) is 3.80. The van der Waals surface area contributed by atoms with Crippen LogP contribution in [0, 0.1) is 24.0 Å². The smallest absolute Gasteiger partial charge is 0.292 e. The molecule has 6 nitrogen and oxygen atoms in total. The van der Waals surface area contributed by atoms with Crippen LogP contribution in [0.5, 0.6) is 0 Å². The monoisotopic (exact) mass is 272 g/mol. The molecule has 7 heteroatoms. The summed E-state index contributed by atoms with van der Waals surface area (Å²) in [5.41, 5.74) is 2.07. The fraction of sp³-hybridized carbons (Fsp3) is 0.455. The zero-order chi connectivity index (χ0) is 13.9. The van der Waals surface area contributed by atoms with Crippen LogP contribution in [0.25, 0.3) is 0 Å². The van der Waals surface area contributed by atoms with Crippen LogP contribution in [-0.2, 0) is 9.84 Å². The molecule has 0 unspecified atom stereocenters. The van der Waals surface area contributed by atoms with Gasteiger partial charge in [-0.1, -0.05) is 0 Å². The van der Waals surface area contributed by atoms with E-state index >= 15 is 0 Å². The SMILES string of the molecule is Cc1cc(NCCS(C)(=O)=O)c([N+](=O)[O-])cc1C. The van der Waals surface area contributed by atoms with Crippen molar-refractivity contribution in [2.45, 2.75) is 13.8 Å². The number of rotatable bonds is 5. The molecule has 0 spiro atoms. The second-order valence-corrected chi connectivity index (χ2v) is 6.53. The Bertz CT molecular complexity index is 567. The van der Waals surface area contributed by atoms with E-state index in [1.54, 1.807) is 13.0 Å². The van der Waals surface area contributed by atoms with Crippen LogP contribution in [0.4, 0.5) is 11.4 Å². The Morgan fingerprint density at radius 2 is 1.83 bits per heavy atom. The third-order valence-corrected chi connectivity index (χ3v) is 3.54. The number of aryl methyl sites for hydroxylation is 2. The highest BCUT2D eigenvalue weighted by molar-refractivity contribution is 7.90. The fourth-order valence-corrected chi connectivity index (χ4v) is 1.94. The van der Waals surface area contributed by atoms with Crippen LogP contribution in [0.15, 0.2) is 12.1 Å². The molecular weight excluding hydrogens is 256 g/mol. The third kappa shape index (κ3) is 3.99. The van der Waals surface area contributed by atoms with E-state index in [2.05, 4.69) is 5.32 Å². The van der Waals surface area contributed by atoms with Gasteiger partial charge in [-0.2, -0.15) is 0 Å². The molecule has 0 heterocycles.